The molecule has 1 aromatic heterocycles. The summed E-state index contributed by atoms with van der Waals surface area (Å²) in [4.78, 5) is 16.3. The van der Waals surface area contributed by atoms with Crippen molar-refractivity contribution in [3.63, 3.8) is 0 Å². The van der Waals surface area contributed by atoms with Gasteiger partial charge in [0.15, 0.2) is 0 Å². The smallest absolute Gasteiger partial charge is 0.254 e. The van der Waals surface area contributed by atoms with Gasteiger partial charge in [0.2, 0.25) is 0 Å². The molecule has 100 valence electrons. The van der Waals surface area contributed by atoms with E-state index < -0.39 is 5.54 Å². The van der Waals surface area contributed by atoms with E-state index in [0.717, 1.165) is 31.4 Å². The van der Waals surface area contributed by atoms with Crippen LogP contribution in [0.15, 0.2) is 18.3 Å². The van der Waals surface area contributed by atoms with Crippen molar-refractivity contribution in [2.24, 2.45) is 5.92 Å². The first kappa shape index (κ1) is 13.5. The Kier molecular flexibility index (Phi) is 3.84. The molecule has 0 aliphatic heterocycles. The van der Waals surface area contributed by atoms with Gasteiger partial charge >= 0.3 is 0 Å². The van der Waals surface area contributed by atoms with Crippen molar-refractivity contribution >= 4 is 5.91 Å². The van der Waals surface area contributed by atoms with Gasteiger partial charge in [0.05, 0.1) is 11.6 Å². The Morgan fingerprint density at radius 2 is 2.16 bits per heavy atom. The van der Waals surface area contributed by atoms with Gasteiger partial charge in [-0.15, -0.1) is 0 Å². The molecule has 0 bridgehead atoms. The summed E-state index contributed by atoms with van der Waals surface area (Å²) in [5.41, 5.74) is 0.686. The van der Waals surface area contributed by atoms with Crippen molar-refractivity contribution in [3.05, 3.63) is 29.6 Å². The molecule has 1 fully saturated rings. The van der Waals surface area contributed by atoms with E-state index in [1.165, 1.54) is 0 Å². The minimum Gasteiger partial charge on any atom is -0.334 e. The van der Waals surface area contributed by atoms with Gasteiger partial charge in [-0.25, -0.2) is 0 Å². The summed E-state index contributed by atoms with van der Waals surface area (Å²) in [5.74, 6) is 0.433. The lowest BCUT2D eigenvalue weighted by Crippen LogP contribution is -2.49. The van der Waals surface area contributed by atoms with Crippen LogP contribution in [0, 0.1) is 24.2 Å². The molecule has 1 aromatic rings. The Labute approximate surface area is 113 Å². The molecule has 1 saturated carbocycles. The number of amides is 1. The van der Waals surface area contributed by atoms with Crippen LogP contribution >= 0.6 is 0 Å². The molecule has 0 unspecified atom stereocenters. The Morgan fingerprint density at radius 3 is 2.68 bits per heavy atom. The molecule has 1 aliphatic carbocycles. The SMILES string of the molecule is Cc1ccc(C(=O)NC2(C#N)CCC(C)CC2)cn1. The maximum absolute atomic E-state index is 12.2. The summed E-state index contributed by atoms with van der Waals surface area (Å²) in [6.45, 7) is 4.06. The number of nitriles is 1. The van der Waals surface area contributed by atoms with Crippen molar-refractivity contribution in [1.29, 1.82) is 5.26 Å². The fraction of sp³-hybridized carbons (Fsp3) is 0.533. The van der Waals surface area contributed by atoms with Gasteiger partial charge in [0.1, 0.15) is 5.54 Å². The van der Waals surface area contributed by atoms with Crippen LogP contribution in [0.25, 0.3) is 0 Å². The first-order valence-corrected chi connectivity index (χ1v) is 6.71. The van der Waals surface area contributed by atoms with E-state index in [0.29, 0.717) is 11.5 Å². The molecule has 0 aromatic carbocycles. The molecule has 1 heterocycles. The Bertz CT molecular complexity index is 493. The first-order chi connectivity index (χ1) is 9.04. The topological polar surface area (TPSA) is 65.8 Å². The molecule has 4 nitrogen and oxygen atoms in total. The lowest BCUT2D eigenvalue weighted by Gasteiger charge is -2.34. The van der Waals surface area contributed by atoms with Gasteiger partial charge in [-0.2, -0.15) is 5.26 Å². The van der Waals surface area contributed by atoms with Gasteiger partial charge in [-0.3, -0.25) is 9.78 Å². The maximum atomic E-state index is 12.2. The number of pyridine rings is 1. The molecule has 2 rings (SSSR count). The van der Waals surface area contributed by atoms with Crippen molar-refractivity contribution in [1.82, 2.24) is 10.3 Å². The van der Waals surface area contributed by atoms with E-state index >= 15 is 0 Å². The second-order valence-corrected chi connectivity index (χ2v) is 5.52. The summed E-state index contributed by atoms with van der Waals surface area (Å²) in [6.07, 6.45) is 4.99. The fourth-order valence-electron chi connectivity index (χ4n) is 2.41. The van der Waals surface area contributed by atoms with E-state index in [4.69, 9.17) is 0 Å². The standard InChI is InChI=1S/C15H19N3O/c1-11-5-7-15(10-16,8-6-11)18-14(19)13-4-3-12(2)17-9-13/h3-4,9,11H,5-8H2,1-2H3,(H,18,19). The molecule has 0 radical (unpaired) electrons. The number of aryl methyl sites for hydroxylation is 1. The third kappa shape index (κ3) is 3.11. The number of carbonyl (C=O) groups excluding carboxylic acids is 1. The average Bonchev–Trinajstić information content (AvgIpc) is 2.42. The van der Waals surface area contributed by atoms with Crippen LogP contribution in [0.5, 0.6) is 0 Å². The molecular weight excluding hydrogens is 238 g/mol. The van der Waals surface area contributed by atoms with Gasteiger partial charge in [-0.1, -0.05) is 6.92 Å². The van der Waals surface area contributed by atoms with Crippen LogP contribution in [0.2, 0.25) is 0 Å². The molecule has 1 N–H and O–H groups in total. The van der Waals surface area contributed by atoms with Crippen molar-refractivity contribution < 1.29 is 4.79 Å². The Hall–Kier alpha value is -1.89. The second-order valence-electron chi connectivity index (χ2n) is 5.52. The highest BCUT2D eigenvalue weighted by atomic mass is 16.1. The molecule has 0 spiro atoms. The van der Waals surface area contributed by atoms with Gasteiger partial charge in [-0.05, 0) is 50.7 Å². The molecule has 1 amide bonds. The summed E-state index contributed by atoms with van der Waals surface area (Å²) < 4.78 is 0. The maximum Gasteiger partial charge on any atom is 0.254 e. The van der Waals surface area contributed by atoms with Crippen LogP contribution in [0.1, 0.15) is 48.7 Å². The summed E-state index contributed by atoms with van der Waals surface area (Å²) in [5, 5.41) is 12.3. The van der Waals surface area contributed by atoms with Crippen LogP contribution in [-0.4, -0.2) is 16.4 Å². The van der Waals surface area contributed by atoms with Gasteiger partial charge in [0, 0.05) is 11.9 Å². The van der Waals surface area contributed by atoms with E-state index in [1.54, 1.807) is 18.3 Å². The number of hydrogen-bond donors (Lipinski definition) is 1. The molecule has 0 saturated heterocycles. The van der Waals surface area contributed by atoms with Crippen LogP contribution in [0.4, 0.5) is 0 Å². The van der Waals surface area contributed by atoms with E-state index in [1.807, 2.05) is 6.92 Å². The van der Waals surface area contributed by atoms with Crippen molar-refractivity contribution in [3.8, 4) is 6.07 Å². The monoisotopic (exact) mass is 257 g/mol. The highest BCUT2D eigenvalue weighted by molar-refractivity contribution is 5.94. The second kappa shape index (κ2) is 5.40. The zero-order chi connectivity index (χ0) is 13.9. The molecular formula is C15H19N3O. The predicted octanol–water partition coefficient (Wildman–Crippen LogP) is 2.59. The van der Waals surface area contributed by atoms with Gasteiger partial charge < -0.3 is 5.32 Å². The largest absolute Gasteiger partial charge is 0.334 e. The highest BCUT2D eigenvalue weighted by Gasteiger charge is 2.35. The molecule has 1 aliphatic rings. The molecule has 4 heteroatoms. The van der Waals surface area contributed by atoms with Gasteiger partial charge in [0.25, 0.3) is 5.91 Å². The predicted molar refractivity (Wildman–Crippen MR) is 72.4 cm³/mol. The zero-order valence-electron chi connectivity index (χ0n) is 11.4. The summed E-state index contributed by atoms with van der Waals surface area (Å²) >= 11 is 0. The number of nitrogens with zero attached hydrogens (tertiary/aromatic N) is 2. The molecule has 19 heavy (non-hydrogen) atoms. The molecule has 0 atom stereocenters. The van der Waals surface area contributed by atoms with E-state index in [9.17, 15) is 10.1 Å². The summed E-state index contributed by atoms with van der Waals surface area (Å²) in [6, 6.07) is 5.84. The first-order valence-electron chi connectivity index (χ1n) is 6.71. The lowest BCUT2D eigenvalue weighted by molar-refractivity contribution is 0.0893. The number of aromatic nitrogens is 1. The number of hydrogen-bond acceptors (Lipinski definition) is 3. The lowest BCUT2D eigenvalue weighted by atomic mass is 9.78. The minimum absolute atomic E-state index is 0.205. The van der Waals surface area contributed by atoms with Crippen LogP contribution in [-0.2, 0) is 0 Å². The van der Waals surface area contributed by atoms with Crippen LogP contribution < -0.4 is 5.32 Å². The normalized spacial score (nSPS) is 26.5. The third-order valence-electron chi connectivity index (χ3n) is 3.87. The number of rotatable bonds is 2. The van der Waals surface area contributed by atoms with Crippen molar-refractivity contribution in [2.45, 2.75) is 45.1 Å². The fourth-order valence-corrected chi connectivity index (χ4v) is 2.41. The zero-order valence-corrected chi connectivity index (χ0v) is 11.4. The highest BCUT2D eigenvalue weighted by Crippen LogP contribution is 2.31. The summed E-state index contributed by atoms with van der Waals surface area (Å²) in [7, 11) is 0. The third-order valence-corrected chi connectivity index (χ3v) is 3.87. The van der Waals surface area contributed by atoms with E-state index in [2.05, 4.69) is 23.3 Å². The Balaban J connectivity index is 2.09. The van der Waals surface area contributed by atoms with Crippen LogP contribution in [0.3, 0.4) is 0 Å². The number of carbonyl (C=O) groups is 1. The minimum atomic E-state index is -0.700. The van der Waals surface area contributed by atoms with E-state index in [-0.39, 0.29) is 5.91 Å². The average molecular weight is 257 g/mol. The van der Waals surface area contributed by atoms with Crippen molar-refractivity contribution in [2.75, 3.05) is 0 Å². The quantitative estimate of drug-likeness (QED) is 0.885. The number of nitrogens with one attached hydrogen (secondary N) is 1. The Morgan fingerprint density at radius 1 is 1.47 bits per heavy atom.